The van der Waals surface area contributed by atoms with Crippen LogP contribution in [-0.2, 0) is 0 Å². The van der Waals surface area contributed by atoms with Crippen LogP contribution in [-0.4, -0.2) is 50.7 Å². The van der Waals surface area contributed by atoms with E-state index in [1.807, 2.05) is 0 Å². The number of rotatable bonds is 0. The first-order valence-electron chi connectivity index (χ1n) is 6.17. The molecule has 0 unspecified atom stereocenters. The first kappa shape index (κ1) is 12.4. The van der Waals surface area contributed by atoms with E-state index < -0.39 is 24.4 Å². The average Bonchev–Trinajstić information content (AvgIpc) is 2.38. The van der Waals surface area contributed by atoms with Gasteiger partial charge in [-0.05, 0) is 30.2 Å². The second-order valence-electron chi connectivity index (χ2n) is 5.16. The lowest BCUT2D eigenvalue weighted by Crippen LogP contribution is -2.61. The minimum atomic E-state index is -1.28. The van der Waals surface area contributed by atoms with Crippen LogP contribution in [0.5, 0.6) is 5.75 Å². The lowest BCUT2D eigenvalue weighted by Gasteiger charge is -2.44. The van der Waals surface area contributed by atoms with Crippen molar-refractivity contribution in [1.82, 2.24) is 5.32 Å². The molecule has 1 aliphatic heterocycles. The molecule has 6 nitrogen and oxygen atoms in total. The highest BCUT2D eigenvalue weighted by Crippen LogP contribution is 2.39. The molecule has 1 saturated carbocycles. The predicted molar refractivity (Wildman–Crippen MR) is 64.7 cm³/mol. The first-order valence-corrected chi connectivity index (χ1v) is 6.17. The van der Waals surface area contributed by atoms with Gasteiger partial charge in [-0.1, -0.05) is 0 Å². The molecule has 1 amide bonds. The SMILES string of the molecule is O=C1N[C@H]2[C@H](O)[C@H](O)[C@@H](O)C[C@@H]2c2cc(O)ccc21. The molecule has 1 heterocycles. The summed E-state index contributed by atoms with van der Waals surface area (Å²) in [5.74, 6) is -0.644. The summed E-state index contributed by atoms with van der Waals surface area (Å²) in [6.07, 6.45) is -3.34. The molecule has 0 radical (unpaired) electrons. The van der Waals surface area contributed by atoms with Crippen LogP contribution >= 0.6 is 0 Å². The highest BCUT2D eigenvalue weighted by Gasteiger charge is 2.47. The number of hydrogen-bond acceptors (Lipinski definition) is 5. The van der Waals surface area contributed by atoms with Crippen molar-refractivity contribution in [1.29, 1.82) is 0 Å². The molecule has 3 rings (SSSR count). The third-order valence-electron chi connectivity index (χ3n) is 4.02. The summed E-state index contributed by atoms with van der Waals surface area (Å²) in [6, 6.07) is 3.76. The van der Waals surface area contributed by atoms with Gasteiger partial charge in [-0.25, -0.2) is 0 Å². The number of amides is 1. The van der Waals surface area contributed by atoms with Gasteiger partial charge in [0.15, 0.2) is 0 Å². The number of aliphatic hydroxyl groups excluding tert-OH is 3. The number of aromatic hydroxyl groups is 1. The Balaban J connectivity index is 2.07. The Labute approximate surface area is 109 Å². The Bertz CT molecular complexity index is 532. The van der Waals surface area contributed by atoms with Crippen molar-refractivity contribution in [2.75, 3.05) is 0 Å². The molecule has 0 saturated heterocycles. The topological polar surface area (TPSA) is 110 Å². The molecule has 19 heavy (non-hydrogen) atoms. The fraction of sp³-hybridized carbons (Fsp3) is 0.462. The largest absolute Gasteiger partial charge is 0.508 e. The number of nitrogens with one attached hydrogen (secondary N) is 1. The van der Waals surface area contributed by atoms with Crippen LogP contribution < -0.4 is 5.32 Å². The maximum absolute atomic E-state index is 11.9. The molecule has 5 N–H and O–H groups in total. The zero-order chi connectivity index (χ0) is 13.7. The number of hydrogen-bond donors (Lipinski definition) is 5. The van der Waals surface area contributed by atoms with Crippen molar-refractivity contribution in [3.8, 4) is 5.75 Å². The quantitative estimate of drug-likeness (QED) is 0.416. The molecule has 1 aliphatic carbocycles. The molecule has 0 bridgehead atoms. The van der Waals surface area contributed by atoms with E-state index in [1.54, 1.807) is 0 Å². The van der Waals surface area contributed by atoms with Crippen molar-refractivity contribution in [3.63, 3.8) is 0 Å². The average molecular weight is 265 g/mol. The summed E-state index contributed by atoms with van der Waals surface area (Å²) >= 11 is 0. The zero-order valence-corrected chi connectivity index (χ0v) is 10.0. The lowest BCUT2D eigenvalue weighted by atomic mass is 9.72. The highest BCUT2D eigenvalue weighted by atomic mass is 16.4. The Kier molecular flexibility index (Phi) is 2.74. The van der Waals surface area contributed by atoms with Crippen molar-refractivity contribution in [2.24, 2.45) is 0 Å². The smallest absolute Gasteiger partial charge is 0.251 e. The Morgan fingerprint density at radius 1 is 1.16 bits per heavy atom. The standard InChI is InChI=1S/C13H15NO5/c15-5-1-2-6-7(3-5)8-4-9(16)11(17)12(18)10(8)14-13(6)19/h1-3,8-12,15-18H,4H2,(H,14,19)/t8-,9+,10-,11-,12+/m1/s1. The number of phenolic OH excluding ortho intramolecular Hbond substituents is 1. The summed E-state index contributed by atoms with van der Waals surface area (Å²) in [6.45, 7) is 0. The maximum Gasteiger partial charge on any atom is 0.251 e. The van der Waals surface area contributed by atoms with E-state index in [1.165, 1.54) is 18.2 Å². The number of benzene rings is 1. The Hall–Kier alpha value is -1.63. The fourth-order valence-electron chi connectivity index (χ4n) is 3.02. The van der Waals surface area contributed by atoms with E-state index in [0.717, 1.165) is 0 Å². The summed E-state index contributed by atoms with van der Waals surface area (Å²) in [5.41, 5.74) is 1.02. The molecular weight excluding hydrogens is 250 g/mol. The number of carbonyl (C=O) groups is 1. The number of carbonyl (C=O) groups excluding carboxylic acids is 1. The molecule has 1 fully saturated rings. The molecule has 2 aliphatic rings. The predicted octanol–water partition coefficient (Wildman–Crippen LogP) is -0.926. The van der Waals surface area contributed by atoms with Crippen LogP contribution in [0.4, 0.5) is 0 Å². The third-order valence-corrected chi connectivity index (χ3v) is 4.02. The van der Waals surface area contributed by atoms with Gasteiger partial charge in [0, 0.05) is 11.5 Å². The van der Waals surface area contributed by atoms with Crippen molar-refractivity contribution in [3.05, 3.63) is 29.3 Å². The number of aliphatic hydroxyl groups is 3. The monoisotopic (exact) mass is 265 g/mol. The van der Waals surface area contributed by atoms with Gasteiger partial charge in [0.25, 0.3) is 5.91 Å². The van der Waals surface area contributed by atoms with E-state index in [0.29, 0.717) is 11.1 Å². The molecule has 0 spiro atoms. The summed E-state index contributed by atoms with van der Waals surface area (Å²) in [5, 5.41) is 41.6. The van der Waals surface area contributed by atoms with Crippen molar-refractivity contribution < 1.29 is 25.2 Å². The van der Waals surface area contributed by atoms with Gasteiger partial charge in [-0.2, -0.15) is 0 Å². The van der Waals surface area contributed by atoms with Gasteiger partial charge in [0.05, 0.1) is 12.1 Å². The van der Waals surface area contributed by atoms with Crippen molar-refractivity contribution in [2.45, 2.75) is 36.7 Å². The van der Waals surface area contributed by atoms with Crippen LogP contribution in [0.2, 0.25) is 0 Å². The maximum atomic E-state index is 11.9. The Morgan fingerprint density at radius 2 is 1.89 bits per heavy atom. The molecular formula is C13H15NO5. The normalized spacial score (nSPS) is 37.2. The summed E-state index contributed by atoms with van der Waals surface area (Å²) in [4.78, 5) is 11.9. The second-order valence-corrected chi connectivity index (χ2v) is 5.16. The van der Waals surface area contributed by atoms with Crippen LogP contribution in [0.25, 0.3) is 0 Å². The van der Waals surface area contributed by atoms with Gasteiger partial charge in [-0.15, -0.1) is 0 Å². The van der Waals surface area contributed by atoms with Gasteiger partial charge in [0.1, 0.15) is 18.0 Å². The number of phenols is 1. The van der Waals surface area contributed by atoms with Gasteiger partial charge < -0.3 is 25.7 Å². The molecule has 1 aromatic carbocycles. The van der Waals surface area contributed by atoms with Crippen molar-refractivity contribution >= 4 is 5.91 Å². The zero-order valence-electron chi connectivity index (χ0n) is 10.0. The van der Waals surface area contributed by atoms with E-state index in [9.17, 15) is 25.2 Å². The van der Waals surface area contributed by atoms with Gasteiger partial charge >= 0.3 is 0 Å². The minimum Gasteiger partial charge on any atom is -0.508 e. The summed E-state index contributed by atoms with van der Waals surface area (Å²) < 4.78 is 0. The molecule has 102 valence electrons. The molecule has 6 heteroatoms. The summed E-state index contributed by atoms with van der Waals surface area (Å²) in [7, 11) is 0. The number of fused-ring (bicyclic) bond motifs is 3. The Morgan fingerprint density at radius 3 is 2.63 bits per heavy atom. The van der Waals surface area contributed by atoms with E-state index in [2.05, 4.69) is 5.32 Å². The van der Waals surface area contributed by atoms with Crippen LogP contribution in [0.15, 0.2) is 18.2 Å². The molecule has 5 atom stereocenters. The van der Waals surface area contributed by atoms with Gasteiger partial charge in [0.2, 0.25) is 0 Å². The first-order chi connectivity index (χ1) is 8.99. The molecule has 0 aromatic heterocycles. The lowest BCUT2D eigenvalue weighted by molar-refractivity contribution is -0.104. The third kappa shape index (κ3) is 1.80. The van der Waals surface area contributed by atoms with Crippen LogP contribution in [0, 0.1) is 0 Å². The molecule has 1 aromatic rings. The van der Waals surface area contributed by atoms with E-state index in [-0.39, 0.29) is 24.0 Å². The second kappa shape index (κ2) is 4.19. The fourth-order valence-corrected chi connectivity index (χ4v) is 3.02. The minimum absolute atomic E-state index is 0.0299. The van der Waals surface area contributed by atoms with Crippen LogP contribution in [0.1, 0.15) is 28.3 Å². The van der Waals surface area contributed by atoms with E-state index >= 15 is 0 Å². The van der Waals surface area contributed by atoms with Gasteiger partial charge in [-0.3, -0.25) is 4.79 Å². The van der Waals surface area contributed by atoms with Crippen LogP contribution in [0.3, 0.4) is 0 Å². The van der Waals surface area contributed by atoms with E-state index in [4.69, 9.17) is 0 Å². The highest BCUT2D eigenvalue weighted by molar-refractivity contribution is 5.97.